The third kappa shape index (κ3) is 2.36. The highest BCUT2D eigenvalue weighted by molar-refractivity contribution is 5.87. The van der Waals surface area contributed by atoms with Crippen LogP contribution in [-0.4, -0.2) is 24.4 Å². The van der Waals surface area contributed by atoms with Gasteiger partial charge in [-0.1, -0.05) is 13.0 Å². The largest absolute Gasteiger partial charge is 0.342 e. The zero-order valence-electron chi connectivity index (χ0n) is 8.08. The Morgan fingerprint density at radius 2 is 2.25 bits per heavy atom. The van der Waals surface area contributed by atoms with Gasteiger partial charge in [0, 0.05) is 13.6 Å². The zero-order valence-corrected chi connectivity index (χ0v) is 8.08. The summed E-state index contributed by atoms with van der Waals surface area (Å²) >= 11 is 0. The normalized spacial score (nSPS) is 27.6. The molecule has 0 N–H and O–H groups in total. The van der Waals surface area contributed by atoms with Crippen molar-refractivity contribution < 1.29 is 4.79 Å². The second-order valence-corrected chi connectivity index (χ2v) is 3.69. The van der Waals surface area contributed by atoms with E-state index in [0.29, 0.717) is 0 Å². The van der Waals surface area contributed by atoms with Crippen LogP contribution in [0, 0.1) is 11.8 Å². The maximum atomic E-state index is 11.3. The third-order valence-corrected chi connectivity index (χ3v) is 2.47. The predicted molar refractivity (Wildman–Crippen MR) is 49.7 cm³/mol. The highest BCUT2D eigenvalue weighted by Crippen LogP contribution is 2.37. The van der Waals surface area contributed by atoms with Crippen LogP contribution < -0.4 is 0 Å². The van der Waals surface area contributed by atoms with E-state index < -0.39 is 0 Å². The molecule has 0 aromatic heterocycles. The second-order valence-electron chi connectivity index (χ2n) is 3.69. The number of allylic oxidation sites excluding steroid dienone is 1. The summed E-state index contributed by atoms with van der Waals surface area (Å²) in [4.78, 5) is 13.1. The van der Waals surface area contributed by atoms with Gasteiger partial charge in [-0.2, -0.15) is 0 Å². The Morgan fingerprint density at radius 3 is 2.67 bits per heavy atom. The van der Waals surface area contributed by atoms with E-state index in [1.54, 1.807) is 17.1 Å². The maximum absolute atomic E-state index is 11.3. The summed E-state index contributed by atoms with van der Waals surface area (Å²) < 4.78 is 0. The summed E-state index contributed by atoms with van der Waals surface area (Å²) in [7, 11) is 1.87. The predicted octanol–water partition coefficient (Wildman–Crippen LogP) is 1.68. The van der Waals surface area contributed by atoms with Gasteiger partial charge in [0.25, 0.3) is 0 Å². The lowest BCUT2D eigenvalue weighted by Crippen LogP contribution is -2.27. The van der Waals surface area contributed by atoms with Gasteiger partial charge in [-0.25, -0.2) is 0 Å². The molecule has 2 atom stereocenters. The molecule has 0 radical (unpaired) electrons. The molecule has 1 aliphatic carbocycles. The Kier molecular flexibility index (Phi) is 2.90. The van der Waals surface area contributed by atoms with Crippen LogP contribution in [0.5, 0.6) is 0 Å². The standard InChI is InChI=1S/C10H17NO/c1-4-5-10(12)11(3)7-9-6-8(9)2/h4-5,8-9H,6-7H2,1-3H3. The molecule has 1 saturated carbocycles. The number of carbonyl (C=O) groups is 1. The van der Waals surface area contributed by atoms with Crippen molar-refractivity contribution >= 4 is 5.91 Å². The first-order chi connectivity index (χ1) is 5.65. The highest BCUT2D eigenvalue weighted by atomic mass is 16.2. The van der Waals surface area contributed by atoms with Crippen LogP contribution in [0.2, 0.25) is 0 Å². The second kappa shape index (κ2) is 3.74. The van der Waals surface area contributed by atoms with Crippen LogP contribution >= 0.6 is 0 Å². The van der Waals surface area contributed by atoms with Gasteiger partial charge in [0.2, 0.25) is 5.91 Å². The molecule has 68 valence electrons. The lowest BCUT2D eigenvalue weighted by Gasteiger charge is -2.14. The minimum atomic E-state index is 0.122. The molecule has 0 aromatic rings. The molecule has 0 spiro atoms. The van der Waals surface area contributed by atoms with Crippen molar-refractivity contribution in [3.8, 4) is 0 Å². The molecule has 12 heavy (non-hydrogen) atoms. The van der Waals surface area contributed by atoms with Crippen LogP contribution in [0.3, 0.4) is 0 Å². The van der Waals surface area contributed by atoms with E-state index in [2.05, 4.69) is 6.92 Å². The molecule has 2 heteroatoms. The summed E-state index contributed by atoms with van der Waals surface area (Å²) in [6, 6.07) is 0. The van der Waals surface area contributed by atoms with E-state index in [4.69, 9.17) is 0 Å². The summed E-state index contributed by atoms with van der Waals surface area (Å²) in [6.07, 6.45) is 4.69. The zero-order chi connectivity index (χ0) is 9.14. The lowest BCUT2D eigenvalue weighted by atomic mass is 10.3. The molecule has 1 rings (SSSR count). The Balaban J connectivity index is 2.27. The van der Waals surface area contributed by atoms with Crippen molar-refractivity contribution in [3.63, 3.8) is 0 Å². The number of hydrogen-bond donors (Lipinski definition) is 0. The van der Waals surface area contributed by atoms with Gasteiger partial charge in [-0.05, 0) is 31.3 Å². The third-order valence-electron chi connectivity index (χ3n) is 2.47. The van der Waals surface area contributed by atoms with E-state index in [1.807, 2.05) is 14.0 Å². The number of nitrogens with zero attached hydrogens (tertiary/aromatic N) is 1. The lowest BCUT2D eigenvalue weighted by molar-refractivity contribution is -0.125. The first kappa shape index (κ1) is 9.30. The van der Waals surface area contributed by atoms with E-state index in [0.717, 1.165) is 18.4 Å². The molecular weight excluding hydrogens is 150 g/mol. The van der Waals surface area contributed by atoms with E-state index in [1.165, 1.54) is 6.42 Å². The Bertz CT molecular complexity index is 198. The van der Waals surface area contributed by atoms with Crippen molar-refractivity contribution in [1.29, 1.82) is 0 Å². The first-order valence-electron chi connectivity index (χ1n) is 4.53. The molecule has 0 aromatic carbocycles. The molecule has 1 aliphatic rings. The molecule has 0 heterocycles. The van der Waals surface area contributed by atoms with Crippen LogP contribution in [0.1, 0.15) is 20.3 Å². The monoisotopic (exact) mass is 167 g/mol. The summed E-state index contributed by atoms with van der Waals surface area (Å²) in [5, 5.41) is 0. The van der Waals surface area contributed by atoms with Crippen molar-refractivity contribution in [3.05, 3.63) is 12.2 Å². The number of hydrogen-bond acceptors (Lipinski definition) is 1. The van der Waals surface area contributed by atoms with Crippen LogP contribution in [0.4, 0.5) is 0 Å². The van der Waals surface area contributed by atoms with Gasteiger partial charge in [0.1, 0.15) is 0 Å². The molecule has 0 bridgehead atoms. The van der Waals surface area contributed by atoms with E-state index in [-0.39, 0.29) is 5.91 Å². The average molecular weight is 167 g/mol. The molecular formula is C10H17NO. The van der Waals surface area contributed by atoms with E-state index in [9.17, 15) is 4.79 Å². The molecule has 0 saturated heterocycles. The van der Waals surface area contributed by atoms with Gasteiger partial charge in [-0.15, -0.1) is 0 Å². The smallest absolute Gasteiger partial charge is 0.245 e. The number of rotatable bonds is 3. The van der Waals surface area contributed by atoms with Crippen LogP contribution in [0.15, 0.2) is 12.2 Å². The number of likely N-dealkylation sites (N-methyl/N-ethyl adjacent to an activating group) is 1. The van der Waals surface area contributed by atoms with Crippen molar-refractivity contribution in [2.24, 2.45) is 11.8 Å². The van der Waals surface area contributed by atoms with E-state index >= 15 is 0 Å². The fourth-order valence-corrected chi connectivity index (χ4v) is 1.37. The first-order valence-corrected chi connectivity index (χ1v) is 4.53. The molecule has 2 unspecified atom stereocenters. The molecule has 1 fully saturated rings. The number of amides is 1. The minimum Gasteiger partial charge on any atom is -0.342 e. The average Bonchev–Trinajstić information content (AvgIpc) is 2.67. The van der Waals surface area contributed by atoms with Gasteiger partial charge in [-0.3, -0.25) is 4.79 Å². The Hall–Kier alpha value is -0.790. The summed E-state index contributed by atoms with van der Waals surface area (Å²) in [5.41, 5.74) is 0. The SMILES string of the molecule is CC=CC(=O)N(C)CC1CC1C. The topological polar surface area (TPSA) is 20.3 Å². The fraction of sp³-hybridized carbons (Fsp3) is 0.700. The quantitative estimate of drug-likeness (QED) is 0.586. The Morgan fingerprint density at radius 1 is 1.67 bits per heavy atom. The minimum absolute atomic E-state index is 0.122. The molecule has 1 amide bonds. The molecule has 0 aliphatic heterocycles. The van der Waals surface area contributed by atoms with Crippen LogP contribution in [0.25, 0.3) is 0 Å². The highest BCUT2D eigenvalue weighted by Gasteiger charge is 2.33. The van der Waals surface area contributed by atoms with Crippen LogP contribution in [-0.2, 0) is 4.79 Å². The van der Waals surface area contributed by atoms with Crippen molar-refractivity contribution in [1.82, 2.24) is 4.90 Å². The molecule has 2 nitrogen and oxygen atoms in total. The summed E-state index contributed by atoms with van der Waals surface area (Å²) in [6.45, 7) is 5.02. The summed E-state index contributed by atoms with van der Waals surface area (Å²) in [5.74, 6) is 1.70. The van der Waals surface area contributed by atoms with Gasteiger partial charge in [0.05, 0.1) is 0 Å². The van der Waals surface area contributed by atoms with Gasteiger partial charge >= 0.3 is 0 Å². The van der Waals surface area contributed by atoms with Crippen molar-refractivity contribution in [2.45, 2.75) is 20.3 Å². The maximum Gasteiger partial charge on any atom is 0.245 e. The van der Waals surface area contributed by atoms with Gasteiger partial charge < -0.3 is 4.90 Å². The van der Waals surface area contributed by atoms with Crippen molar-refractivity contribution in [2.75, 3.05) is 13.6 Å². The fourth-order valence-electron chi connectivity index (χ4n) is 1.37. The number of carbonyl (C=O) groups excluding carboxylic acids is 1. The van der Waals surface area contributed by atoms with Gasteiger partial charge in [0.15, 0.2) is 0 Å². The Labute approximate surface area is 74.2 Å².